The lowest BCUT2D eigenvalue weighted by Gasteiger charge is -2.16. The molecule has 0 spiro atoms. The first-order chi connectivity index (χ1) is 9.61. The van der Waals surface area contributed by atoms with E-state index in [-0.39, 0.29) is 11.9 Å². The second kappa shape index (κ2) is 6.71. The maximum absolute atomic E-state index is 12.2. The van der Waals surface area contributed by atoms with Crippen LogP contribution in [0.1, 0.15) is 40.0 Å². The lowest BCUT2D eigenvalue weighted by Crippen LogP contribution is -2.27. The third-order valence-electron chi connectivity index (χ3n) is 3.37. The topological polar surface area (TPSA) is 29.1 Å². The Bertz CT molecular complexity index is 592. The van der Waals surface area contributed by atoms with Crippen LogP contribution in [0.3, 0.4) is 0 Å². The quantitative estimate of drug-likeness (QED) is 0.827. The highest BCUT2D eigenvalue weighted by Crippen LogP contribution is 2.17. The molecule has 0 fully saturated rings. The van der Waals surface area contributed by atoms with Gasteiger partial charge in [-0.15, -0.1) is 0 Å². The Morgan fingerprint density at radius 3 is 2.40 bits per heavy atom. The minimum atomic E-state index is -0.0399. The fourth-order valence-electron chi connectivity index (χ4n) is 2.18. The molecule has 2 nitrogen and oxygen atoms in total. The molecule has 2 aromatic carbocycles. The molecule has 0 aliphatic rings. The van der Waals surface area contributed by atoms with Crippen LogP contribution in [-0.4, -0.2) is 5.91 Å². The van der Waals surface area contributed by atoms with Crippen molar-refractivity contribution in [2.45, 2.75) is 25.2 Å². The van der Waals surface area contributed by atoms with Gasteiger partial charge in [0.25, 0.3) is 5.91 Å². The summed E-state index contributed by atoms with van der Waals surface area (Å²) in [6.45, 7) is 4.07. The molecule has 0 saturated carbocycles. The SMILES string of the molecule is Cc1ccccc1[C@@H](C)NC(=O)c1ccc(CBr)cc1. The molecule has 2 aromatic rings. The number of carbonyl (C=O) groups is 1. The van der Waals surface area contributed by atoms with E-state index in [0.29, 0.717) is 5.56 Å². The van der Waals surface area contributed by atoms with Crippen molar-refractivity contribution in [3.63, 3.8) is 0 Å². The van der Waals surface area contributed by atoms with Gasteiger partial charge in [0.2, 0.25) is 0 Å². The van der Waals surface area contributed by atoms with Crippen molar-refractivity contribution < 1.29 is 4.79 Å². The van der Waals surface area contributed by atoms with Gasteiger partial charge >= 0.3 is 0 Å². The van der Waals surface area contributed by atoms with E-state index in [9.17, 15) is 4.79 Å². The van der Waals surface area contributed by atoms with Gasteiger partial charge in [-0.25, -0.2) is 0 Å². The highest BCUT2D eigenvalue weighted by Gasteiger charge is 2.12. The van der Waals surface area contributed by atoms with E-state index in [0.717, 1.165) is 16.5 Å². The lowest BCUT2D eigenvalue weighted by atomic mass is 10.0. The van der Waals surface area contributed by atoms with Crippen molar-refractivity contribution in [1.82, 2.24) is 5.32 Å². The number of hydrogen-bond donors (Lipinski definition) is 1. The zero-order valence-electron chi connectivity index (χ0n) is 11.7. The number of nitrogens with one attached hydrogen (secondary N) is 1. The van der Waals surface area contributed by atoms with Crippen molar-refractivity contribution in [1.29, 1.82) is 0 Å². The molecule has 2 rings (SSSR count). The molecule has 0 aliphatic carbocycles. The molecule has 0 bridgehead atoms. The van der Waals surface area contributed by atoms with E-state index in [2.05, 4.69) is 34.2 Å². The molecule has 0 aliphatic heterocycles. The molecular formula is C17H18BrNO. The fourth-order valence-corrected chi connectivity index (χ4v) is 2.55. The molecule has 1 N–H and O–H groups in total. The van der Waals surface area contributed by atoms with Crippen LogP contribution in [0.15, 0.2) is 48.5 Å². The molecule has 0 radical (unpaired) electrons. The maximum Gasteiger partial charge on any atom is 0.251 e. The average molecular weight is 332 g/mol. The zero-order chi connectivity index (χ0) is 14.5. The van der Waals surface area contributed by atoms with Gasteiger partial charge in [0.05, 0.1) is 6.04 Å². The molecule has 0 saturated heterocycles. The molecule has 0 unspecified atom stereocenters. The second-order valence-electron chi connectivity index (χ2n) is 4.88. The molecular weight excluding hydrogens is 314 g/mol. The summed E-state index contributed by atoms with van der Waals surface area (Å²) < 4.78 is 0. The standard InChI is InChI=1S/C17H18BrNO/c1-12-5-3-4-6-16(12)13(2)19-17(20)15-9-7-14(11-18)8-10-15/h3-10,13H,11H2,1-2H3,(H,19,20)/t13-/m1/s1. The Kier molecular flexibility index (Phi) is 4.96. The van der Waals surface area contributed by atoms with E-state index in [4.69, 9.17) is 0 Å². The largest absolute Gasteiger partial charge is 0.346 e. The van der Waals surface area contributed by atoms with E-state index < -0.39 is 0 Å². The first-order valence-corrected chi connectivity index (χ1v) is 7.75. The van der Waals surface area contributed by atoms with Crippen LogP contribution in [-0.2, 0) is 5.33 Å². The van der Waals surface area contributed by atoms with Crippen LogP contribution in [0.2, 0.25) is 0 Å². The Morgan fingerprint density at radius 2 is 1.80 bits per heavy atom. The van der Waals surface area contributed by atoms with Crippen LogP contribution in [0.4, 0.5) is 0 Å². The van der Waals surface area contributed by atoms with Crippen LogP contribution < -0.4 is 5.32 Å². The summed E-state index contributed by atoms with van der Waals surface area (Å²) in [7, 11) is 0. The van der Waals surface area contributed by atoms with Gasteiger partial charge in [-0.05, 0) is 42.7 Å². The van der Waals surface area contributed by atoms with E-state index in [1.165, 1.54) is 5.56 Å². The van der Waals surface area contributed by atoms with Crippen LogP contribution >= 0.6 is 15.9 Å². The summed E-state index contributed by atoms with van der Waals surface area (Å²) in [6.07, 6.45) is 0. The predicted molar refractivity (Wildman–Crippen MR) is 86.1 cm³/mol. The summed E-state index contributed by atoms with van der Waals surface area (Å²) >= 11 is 3.40. The monoisotopic (exact) mass is 331 g/mol. The number of amides is 1. The van der Waals surface area contributed by atoms with E-state index >= 15 is 0 Å². The van der Waals surface area contributed by atoms with Gasteiger partial charge < -0.3 is 5.32 Å². The summed E-state index contributed by atoms with van der Waals surface area (Å²) in [5.74, 6) is -0.0399. The lowest BCUT2D eigenvalue weighted by molar-refractivity contribution is 0.0940. The summed E-state index contributed by atoms with van der Waals surface area (Å²) in [6, 6.07) is 15.7. The van der Waals surface area contributed by atoms with Crippen molar-refractivity contribution in [3.8, 4) is 0 Å². The Balaban J connectivity index is 2.09. The van der Waals surface area contributed by atoms with Crippen LogP contribution in [0, 0.1) is 6.92 Å². The number of hydrogen-bond acceptors (Lipinski definition) is 1. The molecule has 0 heterocycles. The number of aryl methyl sites for hydroxylation is 1. The smallest absolute Gasteiger partial charge is 0.251 e. The Morgan fingerprint density at radius 1 is 1.15 bits per heavy atom. The normalized spacial score (nSPS) is 11.9. The number of alkyl halides is 1. The highest BCUT2D eigenvalue weighted by atomic mass is 79.9. The number of rotatable bonds is 4. The minimum Gasteiger partial charge on any atom is -0.346 e. The Labute approximate surface area is 128 Å². The first kappa shape index (κ1) is 14.8. The van der Waals surface area contributed by atoms with Crippen molar-refractivity contribution in [3.05, 3.63) is 70.8 Å². The first-order valence-electron chi connectivity index (χ1n) is 6.63. The number of benzene rings is 2. The summed E-state index contributed by atoms with van der Waals surface area (Å²) in [4.78, 5) is 12.2. The molecule has 1 amide bonds. The summed E-state index contributed by atoms with van der Waals surface area (Å²) in [5, 5.41) is 3.84. The Hall–Kier alpha value is -1.61. The van der Waals surface area contributed by atoms with Crippen molar-refractivity contribution in [2.24, 2.45) is 0 Å². The minimum absolute atomic E-state index is 0.000415. The molecule has 0 aromatic heterocycles. The molecule has 20 heavy (non-hydrogen) atoms. The average Bonchev–Trinajstić information content (AvgIpc) is 2.47. The highest BCUT2D eigenvalue weighted by molar-refractivity contribution is 9.08. The van der Waals surface area contributed by atoms with Gasteiger partial charge in [-0.2, -0.15) is 0 Å². The molecule has 104 valence electrons. The van der Waals surface area contributed by atoms with Crippen molar-refractivity contribution in [2.75, 3.05) is 0 Å². The summed E-state index contributed by atoms with van der Waals surface area (Å²) in [5.41, 5.74) is 4.19. The van der Waals surface area contributed by atoms with Gasteiger partial charge in [-0.3, -0.25) is 4.79 Å². The van der Waals surface area contributed by atoms with Gasteiger partial charge in [-0.1, -0.05) is 52.3 Å². The number of carbonyl (C=O) groups excluding carboxylic acids is 1. The third-order valence-corrected chi connectivity index (χ3v) is 4.02. The maximum atomic E-state index is 12.2. The predicted octanol–water partition coefficient (Wildman–Crippen LogP) is 4.38. The van der Waals surface area contributed by atoms with Gasteiger partial charge in [0, 0.05) is 10.9 Å². The van der Waals surface area contributed by atoms with Crippen LogP contribution in [0.5, 0.6) is 0 Å². The van der Waals surface area contributed by atoms with E-state index in [1.54, 1.807) is 0 Å². The molecule has 1 atom stereocenters. The van der Waals surface area contributed by atoms with Crippen LogP contribution in [0.25, 0.3) is 0 Å². The van der Waals surface area contributed by atoms with Gasteiger partial charge in [0.1, 0.15) is 0 Å². The van der Waals surface area contributed by atoms with Crippen molar-refractivity contribution >= 4 is 21.8 Å². The molecule has 3 heteroatoms. The fraction of sp³-hybridized carbons (Fsp3) is 0.235. The number of halogens is 1. The van der Waals surface area contributed by atoms with Gasteiger partial charge in [0.15, 0.2) is 0 Å². The zero-order valence-corrected chi connectivity index (χ0v) is 13.3. The van der Waals surface area contributed by atoms with E-state index in [1.807, 2.05) is 49.4 Å². The second-order valence-corrected chi connectivity index (χ2v) is 5.44. The third kappa shape index (κ3) is 3.48.